The van der Waals surface area contributed by atoms with Gasteiger partial charge in [-0.3, -0.25) is 14.4 Å². The number of unbranched alkanes of at least 4 members (excludes halogenated alkanes) is 3. The molecule has 16 heteroatoms. The topological polar surface area (TPSA) is 244 Å². The number of rotatable bonds is 22. The van der Waals surface area contributed by atoms with E-state index >= 15 is 0 Å². The highest BCUT2D eigenvalue weighted by Crippen LogP contribution is 2.36. The molecule has 16 nitrogen and oxygen atoms in total. The van der Waals surface area contributed by atoms with Gasteiger partial charge in [0.2, 0.25) is 12.3 Å². The number of amides is 2. The van der Waals surface area contributed by atoms with Gasteiger partial charge in [0.15, 0.2) is 0 Å². The van der Waals surface area contributed by atoms with Crippen LogP contribution >= 0.6 is 0 Å². The number of hydrogen-bond donors (Lipinski definition) is 5. The van der Waals surface area contributed by atoms with Crippen LogP contribution in [0.25, 0.3) is 11.1 Å². The van der Waals surface area contributed by atoms with Gasteiger partial charge in [-0.15, -0.1) is 0 Å². The summed E-state index contributed by atoms with van der Waals surface area (Å²) in [5, 5.41) is 48.7. The molecule has 0 radical (unpaired) electrons. The van der Waals surface area contributed by atoms with Crippen molar-refractivity contribution in [2.75, 3.05) is 18.5 Å². The minimum absolute atomic E-state index is 0.0720. The highest BCUT2D eigenvalue weighted by Gasteiger charge is 2.17. The maximum atomic E-state index is 13.0. The molecule has 0 bridgehead atoms. The standard InChI is InChI=1S/C46H48N6O10/c1-3-29(2)45(58)61-21-7-5-4-6-20-60-37-14-8-30(9-15-37)46(59)62-43-19-13-34(23-32(43)27-54)50-51-35-10-16-38(40(24-35)44(47)57)39-17-11-36(25-41(39)48-28-55)52-49-33-12-18-42(56)31(22-33)26-53/h8-19,22-25,28-29,53-54,56H,3-7,20-21,26-27H2,1-2H3,(H2,47,57)(H,48,55). The lowest BCUT2D eigenvalue weighted by Crippen LogP contribution is -2.14. The number of carbonyl (C=O) groups is 4. The molecule has 1 atom stereocenters. The summed E-state index contributed by atoms with van der Waals surface area (Å²) < 4.78 is 16.7. The average molecular weight is 845 g/mol. The molecule has 6 N–H and O–H groups in total. The fourth-order valence-electron chi connectivity index (χ4n) is 5.96. The fraction of sp³-hybridized carbons (Fsp3) is 0.261. The predicted octanol–water partition coefficient (Wildman–Crippen LogP) is 9.29. The molecule has 2 amide bonds. The molecule has 0 aliphatic rings. The van der Waals surface area contributed by atoms with Crippen molar-refractivity contribution < 1.29 is 48.7 Å². The number of anilines is 1. The van der Waals surface area contributed by atoms with E-state index in [1.54, 1.807) is 60.7 Å². The zero-order chi connectivity index (χ0) is 44.4. The molecule has 0 aliphatic carbocycles. The number of nitrogens with two attached hydrogens (primary N) is 1. The molecule has 322 valence electrons. The summed E-state index contributed by atoms with van der Waals surface area (Å²) in [5.74, 6) is -0.959. The summed E-state index contributed by atoms with van der Waals surface area (Å²) in [6, 6.07) is 25.0. The van der Waals surface area contributed by atoms with E-state index in [9.17, 15) is 34.5 Å². The quantitative estimate of drug-likeness (QED) is 0.0145. The molecule has 0 saturated carbocycles. The van der Waals surface area contributed by atoms with Gasteiger partial charge in [0, 0.05) is 22.3 Å². The van der Waals surface area contributed by atoms with E-state index in [2.05, 4.69) is 25.8 Å². The number of ether oxygens (including phenoxy) is 3. The maximum Gasteiger partial charge on any atom is 0.343 e. The van der Waals surface area contributed by atoms with Crippen LogP contribution in [-0.2, 0) is 27.5 Å². The molecule has 0 aliphatic heterocycles. The summed E-state index contributed by atoms with van der Waals surface area (Å²) >= 11 is 0. The lowest BCUT2D eigenvalue weighted by atomic mass is 9.96. The van der Waals surface area contributed by atoms with Gasteiger partial charge in [-0.05, 0) is 123 Å². The number of esters is 2. The third kappa shape index (κ3) is 12.8. The zero-order valence-corrected chi connectivity index (χ0v) is 34.3. The minimum Gasteiger partial charge on any atom is -0.508 e. The van der Waals surface area contributed by atoms with E-state index in [-0.39, 0.29) is 57.9 Å². The van der Waals surface area contributed by atoms with Crippen LogP contribution in [0.15, 0.2) is 118 Å². The number of aliphatic hydroxyl groups is 2. The Labute approximate surface area is 358 Å². The third-order valence-electron chi connectivity index (χ3n) is 9.65. The molecular weight excluding hydrogens is 797 g/mol. The van der Waals surface area contributed by atoms with Gasteiger partial charge in [0.05, 0.1) is 66.3 Å². The first-order chi connectivity index (χ1) is 30.0. The van der Waals surface area contributed by atoms with Crippen molar-refractivity contribution in [3.05, 3.63) is 119 Å². The Balaban J connectivity index is 1.19. The Bertz CT molecular complexity index is 2420. The number of primary amides is 1. The van der Waals surface area contributed by atoms with E-state index in [1.807, 2.05) is 13.8 Å². The number of benzene rings is 5. The SMILES string of the molecule is CCC(C)C(=O)OCCCCCCOc1ccc(C(=O)Oc2ccc(N=Nc3ccc(-c4ccc(N=Nc5ccc(O)c(CO)c5)cc4NC=O)c(C(N)=O)c3)cc2CO)cc1. The molecule has 62 heavy (non-hydrogen) atoms. The van der Waals surface area contributed by atoms with Crippen LogP contribution in [0.4, 0.5) is 28.4 Å². The van der Waals surface area contributed by atoms with Gasteiger partial charge in [-0.25, -0.2) is 4.79 Å². The van der Waals surface area contributed by atoms with Crippen LogP contribution in [0, 0.1) is 5.92 Å². The summed E-state index contributed by atoms with van der Waals surface area (Å²) in [6.45, 7) is 3.91. The molecule has 0 heterocycles. The number of aromatic hydroxyl groups is 1. The molecular formula is C46H48N6O10. The average Bonchev–Trinajstić information content (AvgIpc) is 3.29. The van der Waals surface area contributed by atoms with Gasteiger partial charge < -0.3 is 40.6 Å². The Kier molecular flexibility index (Phi) is 16.9. The molecule has 0 aromatic heterocycles. The smallest absolute Gasteiger partial charge is 0.343 e. The zero-order valence-electron chi connectivity index (χ0n) is 34.3. The first-order valence-corrected chi connectivity index (χ1v) is 19.9. The van der Waals surface area contributed by atoms with Gasteiger partial charge in [-0.1, -0.05) is 26.0 Å². The monoisotopic (exact) mass is 844 g/mol. The molecule has 5 aromatic rings. The van der Waals surface area contributed by atoms with Gasteiger partial charge in [0.25, 0.3) is 0 Å². The van der Waals surface area contributed by atoms with Crippen LogP contribution in [0.1, 0.15) is 77.8 Å². The maximum absolute atomic E-state index is 13.0. The van der Waals surface area contributed by atoms with Crippen molar-refractivity contribution in [3.63, 3.8) is 0 Å². The molecule has 0 fully saturated rings. The number of aliphatic hydroxyl groups excluding tert-OH is 2. The molecule has 0 spiro atoms. The summed E-state index contributed by atoms with van der Waals surface area (Å²) in [5.41, 5.74) is 9.23. The van der Waals surface area contributed by atoms with Crippen molar-refractivity contribution in [2.45, 2.75) is 59.2 Å². The second-order valence-corrected chi connectivity index (χ2v) is 14.1. The second-order valence-electron chi connectivity index (χ2n) is 14.1. The van der Waals surface area contributed by atoms with Crippen LogP contribution in [0.5, 0.6) is 17.2 Å². The fourth-order valence-corrected chi connectivity index (χ4v) is 5.96. The molecule has 5 rings (SSSR count). The highest BCUT2D eigenvalue weighted by molar-refractivity contribution is 6.03. The lowest BCUT2D eigenvalue weighted by molar-refractivity contribution is -0.148. The van der Waals surface area contributed by atoms with Crippen molar-refractivity contribution in [3.8, 4) is 28.4 Å². The van der Waals surface area contributed by atoms with Crippen LogP contribution in [0.3, 0.4) is 0 Å². The van der Waals surface area contributed by atoms with E-state index in [4.69, 9.17) is 19.9 Å². The summed E-state index contributed by atoms with van der Waals surface area (Å²) in [4.78, 5) is 48.9. The first-order valence-electron chi connectivity index (χ1n) is 19.9. The first kappa shape index (κ1) is 45.8. The van der Waals surface area contributed by atoms with Crippen molar-refractivity contribution in [1.29, 1.82) is 0 Å². The highest BCUT2D eigenvalue weighted by atomic mass is 16.5. The number of phenols is 1. The van der Waals surface area contributed by atoms with Gasteiger partial charge in [-0.2, -0.15) is 20.5 Å². The summed E-state index contributed by atoms with van der Waals surface area (Å²) in [6.07, 6.45) is 4.72. The van der Waals surface area contributed by atoms with Crippen LogP contribution in [-0.4, -0.2) is 52.8 Å². The Morgan fingerprint density at radius 2 is 1.31 bits per heavy atom. The van der Waals surface area contributed by atoms with Crippen LogP contribution < -0.4 is 20.5 Å². The Morgan fingerprint density at radius 3 is 1.94 bits per heavy atom. The number of carbonyl (C=O) groups excluding carboxylic acids is 4. The van der Waals surface area contributed by atoms with Crippen molar-refractivity contribution in [1.82, 2.24) is 0 Å². The second kappa shape index (κ2) is 22.9. The number of hydrogen-bond acceptors (Lipinski definition) is 14. The predicted molar refractivity (Wildman–Crippen MR) is 231 cm³/mol. The van der Waals surface area contributed by atoms with Crippen molar-refractivity contribution in [2.24, 2.45) is 32.1 Å². The third-order valence-corrected chi connectivity index (χ3v) is 9.65. The van der Waals surface area contributed by atoms with Gasteiger partial charge >= 0.3 is 11.9 Å². The molecule has 5 aromatic carbocycles. The van der Waals surface area contributed by atoms with Crippen molar-refractivity contribution >= 4 is 52.7 Å². The number of nitrogens with zero attached hydrogens (tertiary/aromatic N) is 4. The number of nitrogens with one attached hydrogen (secondary N) is 1. The van der Waals surface area contributed by atoms with E-state index in [0.29, 0.717) is 59.2 Å². The van der Waals surface area contributed by atoms with E-state index in [1.165, 1.54) is 36.4 Å². The Morgan fingerprint density at radius 1 is 0.726 bits per heavy atom. The number of azo groups is 2. The minimum atomic E-state index is -0.762. The molecule has 0 saturated heterocycles. The van der Waals surface area contributed by atoms with Crippen LogP contribution in [0.2, 0.25) is 0 Å². The molecule has 1 unspecified atom stereocenters. The lowest BCUT2D eigenvalue weighted by Gasteiger charge is -2.13. The normalized spacial score (nSPS) is 11.7. The van der Waals surface area contributed by atoms with E-state index < -0.39 is 18.5 Å². The Hall–Kier alpha value is -7.30. The largest absolute Gasteiger partial charge is 0.508 e. The van der Waals surface area contributed by atoms with Gasteiger partial charge in [0.1, 0.15) is 17.2 Å². The van der Waals surface area contributed by atoms with E-state index in [0.717, 1.165) is 32.1 Å². The summed E-state index contributed by atoms with van der Waals surface area (Å²) in [7, 11) is 0.